The summed E-state index contributed by atoms with van der Waals surface area (Å²) in [6, 6.07) is 1.50. The maximum absolute atomic E-state index is 13.6. The Hall–Kier alpha value is -2.84. The molecule has 3 aliphatic rings. The Balaban J connectivity index is 1.82. The lowest BCUT2D eigenvalue weighted by Crippen LogP contribution is -2.43. The largest absolute Gasteiger partial charge is 0.511 e. The van der Waals surface area contributed by atoms with E-state index in [1.165, 1.54) is 6.07 Å². The number of aliphatic hydroxyl groups is 2. The Kier molecular flexibility index (Phi) is 6.72. The normalized spacial score (nSPS) is 24.9. The lowest BCUT2D eigenvalue weighted by molar-refractivity contribution is -0.126. The van der Waals surface area contributed by atoms with Crippen molar-refractivity contribution in [1.82, 2.24) is 4.90 Å². The minimum atomic E-state index is -1.13. The molecule has 0 aliphatic heterocycles. The van der Waals surface area contributed by atoms with Gasteiger partial charge in [-0.25, -0.2) is 0 Å². The predicted octanol–water partition coefficient (Wildman–Crippen LogP) is 3.91. The first-order valence-electron chi connectivity index (χ1n) is 12.0. The van der Waals surface area contributed by atoms with Gasteiger partial charge in [0.2, 0.25) is 0 Å². The molecule has 4 unspecified atom stereocenters. The Labute approximate surface area is 209 Å². The van der Waals surface area contributed by atoms with Gasteiger partial charge in [-0.05, 0) is 61.9 Å². The number of rotatable bonds is 6. The number of halogens is 1. The summed E-state index contributed by atoms with van der Waals surface area (Å²) in [7, 11) is 1.99. The first-order valence-corrected chi connectivity index (χ1v) is 12.4. The van der Waals surface area contributed by atoms with Gasteiger partial charge >= 0.3 is 0 Å². The molecule has 35 heavy (non-hydrogen) atoms. The second-order valence-electron chi connectivity index (χ2n) is 9.79. The molecule has 8 nitrogen and oxygen atoms in total. The number of Topliss-reactive ketones (excluding diaryl/α,β-unsaturated/α-hetero) is 2. The molecule has 9 heteroatoms. The third-order valence-electron chi connectivity index (χ3n) is 7.80. The summed E-state index contributed by atoms with van der Waals surface area (Å²) >= 11 is 6.88. The van der Waals surface area contributed by atoms with Crippen LogP contribution in [0.25, 0.3) is 0 Å². The van der Waals surface area contributed by atoms with Gasteiger partial charge < -0.3 is 21.1 Å². The molecule has 0 saturated carbocycles. The topological polar surface area (TPSA) is 141 Å². The smallest absolute Gasteiger partial charge is 0.255 e. The zero-order valence-electron chi connectivity index (χ0n) is 20.1. The van der Waals surface area contributed by atoms with Crippen LogP contribution >= 0.6 is 11.6 Å². The number of carbonyl (C=O) groups is 3. The summed E-state index contributed by atoms with van der Waals surface area (Å²) in [6.07, 6.45) is 2.38. The van der Waals surface area contributed by atoms with E-state index < -0.39 is 46.6 Å². The van der Waals surface area contributed by atoms with Crippen molar-refractivity contribution in [2.75, 3.05) is 13.6 Å². The summed E-state index contributed by atoms with van der Waals surface area (Å²) in [6.45, 7) is 4.89. The number of allylic oxidation sites excluding steroid dienone is 3. The summed E-state index contributed by atoms with van der Waals surface area (Å²) in [5.74, 6) is -5.47. The Morgan fingerprint density at radius 3 is 2.51 bits per heavy atom. The standard InChI is InChI=1S/C26H31ClN2O6/c1-4-6-15(29(3)5-2)13-10-17(31)20-14(22(13)27)8-11-7-12-9-16(30)21(26(28)35)25(34)19(12)23(32)18(11)24(20)33/h10-12,15,19,30-32H,4-9H2,1-3H3,(H2,28,35). The van der Waals surface area contributed by atoms with Gasteiger partial charge in [-0.3, -0.25) is 19.3 Å². The maximum Gasteiger partial charge on any atom is 0.255 e. The molecular weight excluding hydrogens is 472 g/mol. The summed E-state index contributed by atoms with van der Waals surface area (Å²) < 4.78 is 0. The fourth-order valence-electron chi connectivity index (χ4n) is 6.05. The number of hydrogen-bond donors (Lipinski definition) is 4. The van der Waals surface area contributed by atoms with E-state index in [0.717, 1.165) is 24.9 Å². The van der Waals surface area contributed by atoms with E-state index in [4.69, 9.17) is 17.3 Å². The SMILES string of the molecule is CCCC(c1cc(O)c2c(c1Cl)CC1CC3CC(O)=C(C(N)=O)C(=O)C3C(O)=C1C2=O)N(C)CC. The summed E-state index contributed by atoms with van der Waals surface area (Å²) in [4.78, 5) is 40.4. The maximum atomic E-state index is 13.6. The molecule has 188 valence electrons. The Morgan fingerprint density at radius 2 is 1.91 bits per heavy atom. The molecule has 0 radical (unpaired) electrons. The minimum Gasteiger partial charge on any atom is -0.511 e. The van der Waals surface area contributed by atoms with Crippen LogP contribution in [0.15, 0.2) is 28.7 Å². The fraction of sp³-hybridized carbons (Fsp3) is 0.500. The minimum absolute atomic E-state index is 0.00244. The van der Waals surface area contributed by atoms with Gasteiger partial charge in [0.05, 0.1) is 11.5 Å². The number of aliphatic hydroxyl groups excluding tert-OH is 2. The van der Waals surface area contributed by atoms with E-state index in [1.807, 2.05) is 14.0 Å². The van der Waals surface area contributed by atoms with Crippen molar-refractivity contribution in [2.45, 2.75) is 52.0 Å². The molecule has 3 aliphatic carbocycles. The Morgan fingerprint density at radius 1 is 1.23 bits per heavy atom. The van der Waals surface area contributed by atoms with Crippen molar-refractivity contribution in [2.24, 2.45) is 23.5 Å². The molecule has 0 aromatic heterocycles. The number of aromatic hydroxyl groups is 1. The molecule has 0 saturated heterocycles. The number of primary amides is 1. The van der Waals surface area contributed by atoms with Crippen LogP contribution in [0.5, 0.6) is 5.75 Å². The number of ketones is 2. The number of nitrogens with zero attached hydrogens (tertiary/aromatic N) is 1. The molecular formula is C26H31ClN2O6. The van der Waals surface area contributed by atoms with Crippen LogP contribution in [0.3, 0.4) is 0 Å². The molecule has 0 heterocycles. The van der Waals surface area contributed by atoms with Crippen LogP contribution in [0.1, 0.15) is 67.1 Å². The number of amides is 1. The number of nitrogens with two attached hydrogens (primary N) is 1. The van der Waals surface area contributed by atoms with Crippen LogP contribution in [0, 0.1) is 17.8 Å². The van der Waals surface area contributed by atoms with Crippen molar-refractivity contribution in [3.63, 3.8) is 0 Å². The molecule has 1 aromatic rings. The van der Waals surface area contributed by atoms with Crippen molar-refractivity contribution in [3.8, 4) is 5.75 Å². The number of phenols is 1. The highest BCUT2D eigenvalue weighted by atomic mass is 35.5. The van der Waals surface area contributed by atoms with Gasteiger partial charge in [0.1, 0.15) is 22.8 Å². The van der Waals surface area contributed by atoms with E-state index in [0.29, 0.717) is 23.4 Å². The first-order chi connectivity index (χ1) is 16.5. The average Bonchev–Trinajstić information content (AvgIpc) is 2.78. The third kappa shape index (κ3) is 3.93. The lowest BCUT2D eigenvalue weighted by Gasteiger charge is -2.41. The molecule has 0 fully saturated rings. The lowest BCUT2D eigenvalue weighted by atomic mass is 9.62. The predicted molar refractivity (Wildman–Crippen MR) is 130 cm³/mol. The Bertz CT molecular complexity index is 1190. The summed E-state index contributed by atoms with van der Waals surface area (Å²) in [5, 5.41) is 32.7. The van der Waals surface area contributed by atoms with Crippen LogP contribution in [-0.2, 0) is 16.0 Å². The quantitative estimate of drug-likeness (QED) is 0.432. The average molecular weight is 503 g/mol. The van der Waals surface area contributed by atoms with Gasteiger partial charge in [-0.1, -0.05) is 31.9 Å². The summed E-state index contributed by atoms with van der Waals surface area (Å²) in [5.41, 5.74) is 6.14. The zero-order chi connectivity index (χ0) is 25.8. The number of fused-ring (bicyclic) bond motifs is 3. The van der Waals surface area contributed by atoms with Crippen LogP contribution in [0.2, 0.25) is 5.02 Å². The fourth-order valence-corrected chi connectivity index (χ4v) is 6.41. The van der Waals surface area contributed by atoms with Gasteiger partial charge in [0, 0.05) is 23.1 Å². The number of benzene rings is 1. The number of carbonyl (C=O) groups excluding carboxylic acids is 3. The molecule has 1 aromatic carbocycles. The van der Waals surface area contributed by atoms with Crippen LogP contribution in [0.4, 0.5) is 0 Å². The van der Waals surface area contributed by atoms with Crippen LogP contribution in [-0.4, -0.2) is 51.3 Å². The molecule has 4 atom stereocenters. The molecule has 4 rings (SSSR count). The van der Waals surface area contributed by atoms with Crippen LogP contribution < -0.4 is 5.73 Å². The van der Waals surface area contributed by atoms with Crippen molar-refractivity contribution in [1.29, 1.82) is 0 Å². The molecule has 0 bridgehead atoms. The highest BCUT2D eigenvalue weighted by Crippen LogP contribution is 2.51. The van der Waals surface area contributed by atoms with Gasteiger partial charge in [-0.15, -0.1) is 0 Å². The van der Waals surface area contributed by atoms with Crippen molar-refractivity contribution in [3.05, 3.63) is 50.4 Å². The molecule has 1 amide bonds. The zero-order valence-corrected chi connectivity index (χ0v) is 20.9. The van der Waals surface area contributed by atoms with Crippen molar-refractivity contribution >= 4 is 29.1 Å². The number of phenolic OH excluding ortho intramolecular Hbond substituents is 1. The van der Waals surface area contributed by atoms with E-state index in [9.17, 15) is 29.7 Å². The van der Waals surface area contributed by atoms with Gasteiger partial charge in [0.15, 0.2) is 11.6 Å². The van der Waals surface area contributed by atoms with Gasteiger partial charge in [-0.2, -0.15) is 0 Å². The van der Waals surface area contributed by atoms with Crippen molar-refractivity contribution < 1.29 is 29.7 Å². The van der Waals surface area contributed by atoms with E-state index in [1.54, 1.807) is 0 Å². The van der Waals surface area contributed by atoms with E-state index in [-0.39, 0.29) is 35.1 Å². The molecule has 5 N–H and O–H groups in total. The van der Waals surface area contributed by atoms with E-state index >= 15 is 0 Å². The van der Waals surface area contributed by atoms with Gasteiger partial charge in [0.25, 0.3) is 5.91 Å². The van der Waals surface area contributed by atoms with E-state index in [2.05, 4.69) is 11.8 Å². The highest BCUT2D eigenvalue weighted by molar-refractivity contribution is 6.33. The monoisotopic (exact) mass is 502 g/mol. The highest BCUT2D eigenvalue weighted by Gasteiger charge is 2.50. The second-order valence-corrected chi connectivity index (χ2v) is 10.2. The second kappa shape index (κ2) is 9.32. The number of hydrogen-bond acceptors (Lipinski definition) is 7. The first kappa shape index (κ1) is 25.3. The molecule has 0 spiro atoms. The third-order valence-corrected chi connectivity index (χ3v) is 8.25.